The minimum atomic E-state index is -0.354. The fourth-order valence-corrected chi connectivity index (χ4v) is 9.16. The van der Waals surface area contributed by atoms with E-state index in [1.807, 2.05) is 49.1 Å². The van der Waals surface area contributed by atoms with Crippen molar-refractivity contribution in [3.63, 3.8) is 0 Å². The third kappa shape index (κ3) is 16.8. The fourth-order valence-electron chi connectivity index (χ4n) is 9.16. The molecule has 10 heteroatoms. The topological polar surface area (TPSA) is 134 Å². The number of unbranched alkanes of at least 4 members (excludes halogenated alkanes) is 16. The molecule has 0 unspecified atom stereocenters. The standard InChI is InChI=1S/C60H74N4O6/c65-59(69-45-17-13-9-5-1-3-7-11-15-43-67-51-35-31-47(32-36-51)57(53-23-19-39-61-53)54-24-20-40-62-54)49-27-29-50(30-28-49)60(66)70-46-18-14-10-6-2-4-8-12-16-44-68-52-37-33-48(34-38-52)58(55-25-21-41-63-55)56-26-22-42-64-56/h19-42,57-58,61-64H,1-18,43-46H2. The molecule has 4 aromatic heterocycles. The summed E-state index contributed by atoms with van der Waals surface area (Å²) in [5.74, 6) is 1.39. The molecule has 4 N–H and O–H groups in total. The molecule has 7 rings (SSSR count). The van der Waals surface area contributed by atoms with Crippen LogP contribution in [0.25, 0.3) is 0 Å². The third-order valence-corrected chi connectivity index (χ3v) is 13.1. The highest BCUT2D eigenvalue weighted by atomic mass is 16.5. The molecule has 370 valence electrons. The molecule has 0 aliphatic rings. The SMILES string of the molecule is O=C(OCCCCCCCCCCCOc1ccc(C(c2ccc[nH]2)c2ccc[nH]2)cc1)c1ccc(C(=O)OCCCCCCCCCCCOc2ccc(C(c3ccc[nH]3)c3ccc[nH]3)cc2)cc1. The predicted octanol–water partition coefficient (Wildman–Crippen LogP) is 14.9. The molecule has 0 saturated heterocycles. The first-order chi connectivity index (χ1) is 34.6. The van der Waals surface area contributed by atoms with Gasteiger partial charge in [-0.3, -0.25) is 0 Å². The van der Waals surface area contributed by atoms with Crippen LogP contribution in [-0.2, 0) is 9.47 Å². The van der Waals surface area contributed by atoms with Gasteiger partial charge in [-0.1, -0.05) is 114 Å². The predicted molar refractivity (Wildman–Crippen MR) is 279 cm³/mol. The number of hydrogen-bond donors (Lipinski definition) is 4. The van der Waals surface area contributed by atoms with Crippen LogP contribution in [0.15, 0.2) is 146 Å². The normalized spacial score (nSPS) is 11.3. The van der Waals surface area contributed by atoms with E-state index < -0.39 is 0 Å². The number of benzene rings is 3. The minimum absolute atomic E-state index is 0.137. The molecule has 0 saturated carbocycles. The molecule has 10 nitrogen and oxygen atoms in total. The van der Waals surface area contributed by atoms with Crippen molar-refractivity contribution in [3.05, 3.63) is 191 Å². The maximum atomic E-state index is 12.6. The van der Waals surface area contributed by atoms with Crippen molar-refractivity contribution in [1.29, 1.82) is 0 Å². The molecule has 3 aromatic carbocycles. The monoisotopic (exact) mass is 947 g/mol. The van der Waals surface area contributed by atoms with E-state index >= 15 is 0 Å². The first-order valence-electron chi connectivity index (χ1n) is 26.1. The lowest BCUT2D eigenvalue weighted by Gasteiger charge is -2.16. The molecule has 7 aromatic rings. The highest BCUT2D eigenvalue weighted by Gasteiger charge is 2.20. The van der Waals surface area contributed by atoms with Gasteiger partial charge in [-0.15, -0.1) is 0 Å². The van der Waals surface area contributed by atoms with Crippen molar-refractivity contribution in [2.75, 3.05) is 26.4 Å². The van der Waals surface area contributed by atoms with E-state index in [9.17, 15) is 9.59 Å². The maximum Gasteiger partial charge on any atom is 0.338 e. The second-order valence-electron chi connectivity index (χ2n) is 18.4. The fraction of sp³-hybridized carbons (Fsp3) is 0.400. The van der Waals surface area contributed by atoms with Gasteiger partial charge in [0, 0.05) is 47.6 Å². The van der Waals surface area contributed by atoms with Gasteiger partial charge in [0.1, 0.15) is 11.5 Å². The van der Waals surface area contributed by atoms with E-state index in [0.717, 1.165) is 98.9 Å². The number of carbonyl (C=O) groups is 2. The van der Waals surface area contributed by atoms with Crippen LogP contribution in [0, 0.1) is 0 Å². The van der Waals surface area contributed by atoms with E-state index in [4.69, 9.17) is 18.9 Å². The van der Waals surface area contributed by atoms with E-state index in [0.29, 0.717) is 24.3 Å². The van der Waals surface area contributed by atoms with E-state index in [1.54, 1.807) is 24.3 Å². The van der Waals surface area contributed by atoms with Crippen LogP contribution in [0.2, 0.25) is 0 Å². The van der Waals surface area contributed by atoms with Crippen molar-refractivity contribution in [2.45, 2.75) is 127 Å². The molecule has 70 heavy (non-hydrogen) atoms. The van der Waals surface area contributed by atoms with Crippen LogP contribution in [-0.4, -0.2) is 58.3 Å². The summed E-state index contributed by atoms with van der Waals surface area (Å²) in [7, 11) is 0. The van der Waals surface area contributed by atoms with Gasteiger partial charge in [-0.25, -0.2) is 9.59 Å². The van der Waals surface area contributed by atoms with Crippen LogP contribution in [0.4, 0.5) is 0 Å². The molecule has 4 heterocycles. The summed E-state index contributed by atoms with van der Waals surface area (Å²) in [6.07, 6.45) is 28.1. The van der Waals surface area contributed by atoms with E-state index in [-0.39, 0.29) is 23.8 Å². The Labute approximate surface area is 415 Å². The van der Waals surface area contributed by atoms with Crippen LogP contribution in [0.3, 0.4) is 0 Å². The van der Waals surface area contributed by atoms with Crippen molar-refractivity contribution < 1.29 is 28.5 Å². The van der Waals surface area contributed by atoms with Crippen LogP contribution in [0.5, 0.6) is 11.5 Å². The number of H-pyrrole nitrogens is 4. The number of ether oxygens (including phenoxy) is 4. The van der Waals surface area contributed by atoms with Gasteiger partial charge in [0.05, 0.1) is 49.4 Å². The van der Waals surface area contributed by atoms with Gasteiger partial charge >= 0.3 is 11.9 Å². The molecule has 0 radical (unpaired) electrons. The Morgan fingerprint density at radius 2 is 0.600 bits per heavy atom. The van der Waals surface area contributed by atoms with E-state index in [1.165, 1.54) is 75.3 Å². The zero-order valence-corrected chi connectivity index (χ0v) is 41.0. The van der Waals surface area contributed by atoms with Crippen molar-refractivity contribution in [3.8, 4) is 11.5 Å². The molecule has 0 amide bonds. The van der Waals surface area contributed by atoms with Gasteiger partial charge in [-0.05, 0) is 134 Å². The zero-order valence-electron chi connectivity index (χ0n) is 41.0. The zero-order chi connectivity index (χ0) is 48.3. The maximum absolute atomic E-state index is 12.6. The summed E-state index contributed by atoms with van der Waals surface area (Å²) >= 11 is 0. The Kier molecular flexibility index (Phi) is 21.5. The van der Waals surface area contributed by atoms with Crippen molar-refractivity contribution in [2.24, 2.45) is 0 Å². The lowest BCUT2D eigenvalue weighted by Crippen LogP contribution is -2.09. The van der Waals surface area contributed by atoms with Crippen LogP contribution < -0.4 is 9.47 Å². The molecular formula is C60H74N4O6. The van der Waals surface area contributed by atoms with Gasteiger partial charge < -0.3 is 38.9 Å². The second kappa shape index (κ2) is 29.4. The average molecular weight is 947 g/mol. The first kappa shape index (κ1) is 51.2. The van der Waals surface area contributed by atoms with Crippen molar-refractivity contribution in [1.82, 2.24) is 19.9 Å². The van der Waals surface area contributed by atoms with Crippen molar-refractivity contribution >= 4 is 11.9 Å². The summed E-state index contributed by atoms with van der Waals surface area (Å²) in [6, 6.07) is 40.2. The molecule has 0 bridgehead atoms. The number of hydrogen-bond acceptors (Lipinski definition) is 6. The van der Waals surface area contributed by atoms with Crippen LogP contribution in [0.1, 0.15) is 182 Å². The third-order valence-electron chi connectivity index (χ3n) is 13.1. The Morgan fingerprint density at radius 1 is 0.329 bits per heavy atom. The highest BCUT2D eigenvalue weighted by Crippen LogP contribution is 2.32. The Hall–Kier alpha value is -6.68. The summed E-state index contributed by atoms with van der Waals surface area (Å²) < 4.78 is 23.1. The number of carbonyl (C=O) groups excluding carboxylic acids is 2. The Morgan fingerprint density at radius 3 is 0.871 bits per heavy atom. The number of rotatable bonds is 34. The molecule has 0 spiro atoms. The highest BCUT2D eigenvalue weighted by molar-refractivity contribution is 5.93. The quantitative estimate of drug-likeness (QED) is 0.0235. The Bertz CT molecular complexity index is 2180. The average Bonchev–Trinajstić information content (AvgIpc) is 4.27. The molecular weight excluding hydrogens is 873 g/mol. The first-order valence-corrected chi connectivity index (χ1v) is 26.1. The molecule has 0 aliphatic heterocycles. The number of aromatic amines is 4. The number of esters is 2. The summed E-state index contributed by atoms with van der Waals surface area (Å²) in [5.41, 5.74) is 7.97. The summed E-state index contributed by atoms with van der Waals surface area (Å²) in [4.78, 5) is 38.6. The van der Waals surface area contributed by atoms with Crippen LogP contribution >= 0.6 is 0 Å². The lowest BCUT2D eigenvalue weighted by molar-refractivity contribution is 0.0483. The van der Waals surface area contributed by atoms with Gasteiger partial charge in [0.15, 0.2) is 0 Å². The largest absolute Gasteiger partial charge is 0.494 e. The number of nitrogens with one attached hydrogen (secondary N) is 4. The molecule has 0 fully saturated rings. The smallest absolute Gasteiger partial charge is 0.338 e. The summed E-state index contributed by atoms with van der Waals surface area (Å²) in [6.45, 7) is 2.28. The molecule has 0 atom stereocenters. The number of aromatic nitrogens is 4. The van der Waals surface area contributed by atoms with E-state index in [2.05, 4.69) is 92.7 Å². The van der Waals surface area contributed by atoms with Gasteiger partial charge in [0.2, 0.25) is 0 Å². The lowest BCUT2D eigenvalue weighted by atomic mass is 9.92. The molecule has 0 aliphatic carbocycles. The second-order valence-corrected chi connectivity index (χ2v) is 18.4. The summed E-state index contributed by atoms with van der Waals surface area (Å²) in [5, 5.41) is 0. The minimum Gasteiger partial charge on any atom is -0.494 e. The van der Waals surface area contributed by atoms with Gasteiger partial charge in [-0.2, -0.15) is 0 Å². The van der Waals surface area contributed by atoms with Gasteiger partial charge in [0.25, 0.3) is 0 Å². The Balaban J connectivity index is 0.621.